The molecule has 0 aromatic heterocycles. The summed E-state index contributed by atoms with van der Waals surface area (Å²) in [5.74, 6) is 0.416. The molecule has 3 heteroatoms. The maximum absolute atomic E-state index is 11.6. The first-order valence-corrected chi connectivity index (χ1v) is 5.46. The third kappa shape index (κ3) is 2.98. The predicted octanol–water partition coefficient (Wildman–Crippen LogP) is 1.39. The van der Waals surface area contributed by atoms with Crippen molar-refractivity contribution in [2.45, 2.75) is 26.2 Å². The van der Waals surface area contributed by atoms with Gasteiger partial charge in [0.05, 0.1) is 12.5 Å². The number of ether oxygens (including phenoxy) is 1. The first-order valence-electron chi connectivity index (χ1n) is 5.46. The van der Waals surface area contributed by atoms with Gasteiger partial charge in [0.25, 0.3) is 0 Å². The van der Waals surface area contributed by atoms with Crippen LogP contribution in [-0.2, 0) is 9.53 Å². The molecule has 0 unspecified atom stereocenters. The summed E-state index contributed by atoms with van der Waals surface area (Å²) in [4.78, 5) is 11.6. The molecule has 0 saturated carbocycles. The average Bonchev–Trinajstić information content (AvgIpc) is 2.21. The molecule has 1 atom stereocenters. The van der Waals surface area contributed by atoms with Gasteiger partial charge in [-0.25, -0.2) is 0 Å². The fourth-order valence-electron chi connectivity index (χ4n) is 2.04. The standard InChI is InChI=1S/C11H20NO2/c1-3-10(11(13)14-4-2)9-5-7-12-8-6-9/h9-10,12H,1,3-8H2,2H3/t10-/m0/s1. The zero-order valence-electron chi connectivity index (χ0n) is 8.92. The van der Waals surface area contributed by atoms with Gasteiger partial charge in [-0.05, 0) is 45.2 Å². The molecule has 0 aromatic rings. The van der Waals surface area contributed by atoms with Crippen molar-refractivity contribution in [2.24, 2.45) is 11.8 Å². The predicted molar refractivity (Wildman–Crippen MR) is 55.7 cm³/mol. The molecule has 1 fully saturated rings. The van der Waals surface area contributed by atoms with Crippen LogP contribution in [0.5, 0.6) is 0 Å². The van der Waals surface area contributed by atoms with Crippen LogP contribution in [0.4, 0.5) is 0 Å². The summed E-state index contributed by atoms with van der Waals surface area (Å²) >= 11 is 0. The van der Waals surface area contributed by atoms with Crippen molar-refractivity contribution in [3.63, 3.8) is 0 Å². The van der Waals surface area contributed by atoms with Crippen molar-refractivity contribution in [3.8, 4) is 0 Å². The van der Waals surface area contributed by atoms with Crippen molar-refractivity contribution < 1.29 is 9.53 Å². The van der Waals surface area contributed by atoms with Crippen LogP contribution in [0.15, 0.2) is 0 Å². The first kappa shape index (κ1) is 11.5. The number of carbonyl (C=O) groups excluding carboxylic acids is 1. The highest BCUT2D eigenvalue weighted by atomic mass is 16.5. The Bertz CT molecular complexity index is 176. The highest BCUT2D eigenvalue weighted by Gasteiger charge is 2.28. The second kappa shape index (κ2) is 6.02. The smallest absolute Gasteiger partial charge is 0.309 e. The van der Waals surface area contributed by atoms with E-state index in [1.807, 2.05) is 6.92 Å². The fourth-order valence-corrected chi connectivity index (χ4v) is 2.04. The van der Waals surface area contributed by atoms with Crippen LogP contribution >= 0.6 is 0 Å². The normalized spacial score (nSPS) is 20.4. The van der Waals surface area contributed by atoms with Crippen molar-refractivity contribution in [1.29, 1.82) is 0 Å². The molecule has 1 aliphatic rings. The summed E-state index contributed by atoms with van der Waals surface area (Å²) in [6.07, 6.45) is 2.79. The third-order valence-corrected chi connectivity index (χ3v) is 2.85. The van der Waals surface area contributed by atoms with E-state index in [2.05, 4.69) is 12.2 Å². The lowest BCUT2D eigenvalue weighted by molar-refractivity contribution is -0.150. The van der Waals surface area contributed by atoms with E-state index in [0.717, 1.165) is 25.9 Å². The lowest BCUT2D eigenvalue weighted by atomic mass is 9.83. The lowest BCUT2D eigenvalue weighted by Crippen LogP contribution is -2.35. The fraction of sp³-hybridized carbons (Fsp3) is 0.818. The van der Waals surface area contributed by atoms with Crippen molar-refractivity contribution >= 4 is 5.97 Å². The second-order valence-corrected chi connectivity index (χ2v) is 3.73. The quantitative estimate of drug-likeness (QED) is 0.694. The minimum Gasteiger partial charge on any atom is -0.466 e. The molecular weight excluding hydrogens is 178 g/mol. The highest BCUT2D eigenvalue weighted by Crippen LogP contribution is 2.25. The van der Waals surface area contributed by atoms with Gasteiger partial charge in [0.15, 0.2) is 0 Å². The van der Waals surface area contributed by atoms with E-state index < -0.39 is 0 Å². The van der Waals surface area contributed by atoms with E-state index in [1.54, 1.807) is 0 Å². The van der Waals surface area contributed by atoms with E-state index in [-0.39, 0.29) is 11.9 Å². The molecule has 1 saturated heterocycles. The molecule has 14 heavy (non-hydrogen) atoms. The van der Waals surface area contributed by atoms with Gasteiger partial charge < -0.3 is 10.1 Å². The Kier molecular flexibility index (Phi) is 4.94. The number of nitrogens with one attached hydrogen (secondary N) is 1. The van der Waals surface area contributed by atoms with E-state index in [4.69, 9.17) is 4.74 Å². The molecule has 0 aromatic carbocycles. The molecule has 0 spiro atoms. The van der Waals surface area contributed by atoms with Crippen LogP contribution in [0.3, 0.4) is 0 Å². The maximum Gasteiger partial charge on any atom is 0.309 e. The Morgan fingerprint density at radius 3 is 2.71 bits per heavy atom. The summed E-state index contributed by atoms with van der Waals surface area (Å²) < 4.78 is 5.05. The van der Waals surface area contributed by atoms with Crippen molar-refractivity contribution in [2.75, 3.05) is 19.7 Å². The molecule has 1 N–H and O–H groups in total. The summed E-state index contributed by atoms with van der Waals surface area (Å²) in [7, 11) is 0. The van der Waals surface area contributed by atoms with Crippen molar-refractivity contribution in [3.05, 3.63) is 6.92 Å². The van der Waals surface area contributed by atoms with E-state index >= 15 is 0 Å². The van der Waals surface area contributed by atoms with Crippen LogP contribution in [0.1, 0.15) is 26.2 Å². The second-order valence-electron chi connectivity index (χ2n) is 3.73. The molecular formula is C11H20NO2. The summed E-state index contributed by atoms with van der Waals surface area (Å²) in [5, 5.41) is 3.29. The van der Waals surface area contributed by atoms with Crippen LogP contribution in [0, 0.1) is 18.8 Å². The number of carbonyl (C=O) groups is 1. The van der Waals surface area contributed by atoms with Crippen molar-refractivity contribution in [1.82, 2.24) is 5.32 Å². The van der Waals surface area contributed by atoms with Crippen LogP contribution in [-0.4, -0.2) is 25.7 Å². The number of hydrogen-bond donors (Lipinski definition) is 1. The number of rotatable bonds is 4. The van der Waals surface area contributed by atoms with Gasteiger partial charge in [0.1, 0.15) is 0 Å². The van der Waals surface area contributed by atoms with Gasteiger partial charge in [-0.3, -0.25) is 4.79 Å². The zero-order valence-corrected chi connectivity index (χ0v) is 8.92. The maximum atomic E-state index is 11.6. The van der Waals surface area contributed by atoms with Gasteiger partial charge >= 0.3 is 5.97 Å². The molecule has 81 valence electrons. The molecule has 0 aliphatic carbocycles. The van der Waals surface area contributed by atoms with Crippen LogP contribution in [0.2, 0.25) is 0 Å². The molecule has 1 radical (unpaired) electrons. The Morgan fingerprint density at radius 1 is 1.57 bits per heavy atom. The van der Waals surface area contributed by atoms with E-state index in [0.29, 0.717) is 18.9 Å². The molecule has 3 nitrogen and oxygen atoms in total. The SMILES string of the molecule is [CH2]C[C@H](C(=O)OCC)C1CCNCC1. The summed E-state index contributed by atoms with van der Waals surface area (Å²) in [6.45, 7) is 8.19. The van der Waals surface area contributed by atoms with Gasteiger partial charge in [0, 0.05) is 0 Å². The molecule has 1 rings (SSSR count). The van der Waals surface area contributed by atoms with E-state index in [9.17, 15) is 4.79 Å². The number of piperidine rings is 1. The Hall–Kier alpha value is -0.570. The zero-order chi connectivity index (χ0) is 10.4. The monoisotopic (exact) mass is 198 g/mol. The Morgan fingerprint density at radius 2 is 2.21 bits per heavy atom. The minimum absolute atomic E-state index is 0.0112. The van der Waals surface area contributed by atoms with Gasteiger partial charge in [-0.15, -0.1) is 0 Å². The molecule has 1 heterocycles. The Balaban J connectivity index is 2.46. The lowest BCUT2D eigenvalue weighted by Gasteiger charge is -2.28. The van der Waals surface area contributed by atoms with E-state index in [1.165, 1.54) is 0 Å². The Labute approximate surface area is 86.2 Å². The average molecular weight is 198 g/mol. The third-order valence-electron chi connectivity index (χ3n) is 2.85. The van der Waals surface area contributed by atoms with Gasteiger partial charge in [-0.2, -0.15) is 0 Å². The largest absolute Gasteiger partial charge is 0.466 e. The topological polar surface area (TPSA) is 38.3 Å². The van der Waals surface area contributed by atoms with Crippen LogP contribution < -0.4 is 5.32 Å². The molecule has 0 amide bonds. The number of hydrogen-bond acceptors (Lipinski definition) is 3. The first-order chi connectivity index (χ1) is 6.79. The minimum atomic E-state index is -0.0607. The summed E-state index contributed by atoms with van der Waals surface area (Å²) in [5.41, 5.74) is 0. The van der Waals surface area contributed by atoms with Crippen LogP contribution in [0.25, 0.3) is 0 Å². The van der Waals surface area contributed by atoms with Gasteiger partial charge in [0.2, 0.25) is 0 Å². The molecule has 0 bridgehead atoms. The number of esters is 1. The molecule has 1 aliphatic heterocycles. The van der Waals surface area contributed by atoms with Gasteiger partial charge in [-0.1, -0.05) is 6.92 Å². The summed E-state index contributed by atoms with van der Waals surface area (Å²) in [6, 6.07) is 0. The highest BCUT2D eigenvalue weighted by molar-refractivity contribution is 5.72.